The molecule has 6 heteroatoms. The van der Waals surface area contributed by atoms with Crippen LogP contribution < -0.4 is 5.32 Å². The number of carbonyl (C=O) groups is 1. The van der Waals surface area contributed by atoms with Crippen LogP contribution in [0.2, 0.25) is 0 Å². The number of amides is 2. The summed E-state index contributed by atoms with van der Waals surface area (Å²) in [4.78, 5) is 25.3. The van der Waals surface area contributed by atoms with Crippen LogP contribution in [-0.2, 0) is 6.42 Å². The van der Waals surface area contributed by atoms with E-state index in [-0.39, 0.29) is 12.1 Å². The zero-order valence-corrected chi connectivity index (χ0v) is 14.2. The van der Waals surface area contributed by atoms with Gasteiger partial charge in [0.05, 0.1) is 6.04 Å². The fourth-order valence-electron chi connectivity index (χ4n) is 3.69. The molecule has 4 rings (SSSR count). The minimum atomic E-state index is 0.00217. The number of urea groups is 1. The number of hydrogen-bond donors (Lipinski definition) is 3. The van der Waals surface area contributed by atoms with Gasteiger partial charge in [-0.1, -0.05) is 12.1 Å². The van der Waals surface area contributed by atoms with Crippen molar-refractivity contribution in [3.8, 4) is 0 Å². The van der Waals surface area contributed by atoms with Gasteiger partial charge in [0.1, 0.15) is 5.82 Å². The standard InChI is InChI=1S/C19H23N5O/c25-19(24-13-2-1-6-17(24)18-21-11-12-22-18)23-9-7-14-4-3-5-16-15(14)8-10-20-16/h3-5,8,10-12,17,20H,1-2,6-7,9,13H2,(H,21,22)(H,23,25)/t17-/m1/s1. The lowest BCUT2D eigenvalue weighted by molar-refractivity contribution is 0.148. The van der Waals surface area contributed by atoms with E-state index < -0.39 is 0 Å². The highest BCUT2D eigenvalue weighted by atomic mass is 16.2. The highest BCUT2D eigenvalue weighted by Crippen LogP contribution is 2.28. The van der Waals surface area contributed by atoms with E-state index in [2.05, 4.69) is 38.5 Å². The van der Waals surface area contributed by atoms with Crippen LogP contribution >= 0.6 is 0 Å². The van der Waals surface area contributed by atoms with Crippen LogP contribution in [0, 0.1) is 0 Å². The first-order valence-electron chi connectivity index (χ1n) is 8.91. The van der Waals surface area contributed by atoms with Gasteiger partial charge < -0.3 is 20.2 Å². The molecule has 1 atom stereocenters. The van der Waals surface area contributed by atoms with Gasteiger partial charge >= 0.3 is 6.03 Å². The minimum absolute atomic E-state index is 0.00217. The molecule has 3 aromatic rings. The number of hydrogen-bond acceptors (Lipinski definition) is 2. The number of nitrogens with zero attached hydrogens (tertiary/aromatic N) is 2. The van der Waals surface area contributed by atoms with Crippen LogP contribution in [0.3, 0.4) is 0 Å². The molecule has 0 saturated carbocycles. The number of likely N-dealkylation sites (tertiary alicyclic amines) is 1. The molecule has 2 amide bonds. The number of fused-ring (bicyclic) bond motifs is 1. The van der Waals surface area contributed by atoms with Crippen LogP contribution in [0.5, 0.6) is 0 Å². The van der Waals surface area contributed by atoms with E-state index in [1.54, 1.807) is 6.20 Å². The number of H-pyrrole nitrogens is 2. The lowest BCUT2D eigenvalue weighted by Crippen LogP contribution is -2.45. The van der Waals surface area contributed by atoms with Crippen molar-refractivity contribution in [1.82, 2.24) is 25.2 Å². The minimum Gasteiger partial charge on any atom is -0.361 e. The van der Waals surface area contributed by atoms with Crippen molar-refractivity contribution >= 4 is 16.9 Å². The first kappa shape index (κ1) is 15.7. The third-order valence-corrected chi connectivity index (χ3v) is 4.95. The Balaban J connectivity index is 1.39. The van der Waals surface area contributed by atoms with Gasteiger partial charge in [0.25, 0.3) is 0 Å². The number of nitrogens with one attached hydrogen (secondary N) is 3. The Morgan fingerprint density at radius 3 is 3.08 bits per heavy atom. The normalized spacial score (nSPS) is 17.8. The van der Waals surface area contributed by atoms with Crippen molar-refractivity contribution in [3.05, 3.63) is 54.2 Å². The fourth-order valence-corrected chi connectivity index (χ4v) is 3.69. The molecular weight excluding hydrogens is 314 g/mol. The summed E-state index contributed by atoms with van der Waals surface area (Å²) in [6, 6.07) is 8.38. The van der Waals surface area contributed by atoms with E-state index in [1.807, 2.05) is 23.4 Å². The van der Waals surface area contributed by atoms with Gasteiger partial charge in [-0.2, -0.15) is 0 Å². The summed E-state index contributed by atoms with van der Waals surface area (Å²) in [6.07, 6.45) is 9.48. The third kappa shape index (κ3) is 3.24. The summed E-state index contributed by atoms with van der Waals surface area (Å²) in [5, 5.41) is 4.31. The van der Waals surface area contributed by atoms with Crippen molar-refractivity contribution in [2.45, 2.75) is 31.7 Å². The van der Waals surface area contributed by atoms with Gasteiger partial charge in [0.2, 0.25) is 0 Å². The summed E-state index contributed by atoms with van der Waals surface area (Å²) < 4.78 is 0. The van der Waals surface area contributed by atoms with Crippen molar-refractivity contribution in [1.29, 1.82) is 0 Å². The Hall–Kier alpha value is -2.76. The van der Waals surface area contributed by atoms with E-state index in [4.69, 9.17) is 0 Å². The SMILES string of the molecule is O=C(NCCc1cccc2[nH]ccc12)N1CCCC[C@@H]1c1ncc[nH]1. The van der Waals surface area contributed by atoms with Crippen LogP contribution in [0.1, 0.15) is 36.7 Å². The summed E-state index contributed by atoms with van der Waals surface area (Å²) in [6.45, 7) is 1.41. The van der Waals surface area contributed by atoms with E-state index in [0.29, 0.717) is 6.54 Å². The fraction of sp³-hybridized carbons (Fsp3) is 0.368. The molecule has 0 unspecified atom stereocenters. The maximum Gasteiger partial charge on any atom is 0.318 e. The number of carbonyl (C=O) groups excluding carboxylic acids is 1. The highest BCUT2D eigenvalue weighted by Gasteiger charge is 2.29. The lowest BCUT2D eigenvalue weighted by atomic mass is 10.0. The number of aromatic amines is 2. The average molecular weight is 337 g/mol. The monoisotopic (exact) mass is 337 g/mol. The number of piperidine rings is 1. The van der Waals surface area contributed by atoms with E-state index in [9.17, 15) is 4.79 Å². The molecule has 1 aromatic carbocycles. The number of aromatic nitrogens is 3. The number of benzene rings is 1. The maximum atomic E-state index is 12.7. The number of imidazole rings is 1. The molecule has 3 heterocycles. The highest BCUT2D eigenvalue weighted by molar-refractivity contribution is 5.83. The summed E-state index contributed by atoms with van der Waals surface area (Å²) >= 11 is 0. The smallest absolute Gasteiger partial charge is 0.318 e. The zero-order chi connectivity index (χ0) is 17.1. The molecule has 6 nitrogen and oxygen atoms in total. The van der Waals surface area contributed by atoms with Crippen molar-refractivity contribution in [3.63, 3.8) is 0 Å². The summed E-state index contributed by atoms with van der Waals surface area (Å²) in [5.41, 5.74) is 2.39. The lowest BCUT2D eigenvalue weighted by Gasteiger charge is -2.34. The predicted molar refractivity (Wildman–Crippen MR) is 97.3 cm³/mol. The maximum absolute atomic E-state index is 12.7. The van der Waals surface area contributed by atoms with Crippen LogP contribution in [0.25, 0.3) is 10.9 Å². The van der Waals surface area contributed by atoms with Gasteiger partial charge in [-0.3, -0.25) is 0 Å². The molecule has 25 heavy (non-hydrogen) atoms. The van der Waals surface area contributed by atoms with Crippen LogP contribution in [0.15, 0.2) is 42.9 Å². The van der Waals surface area contributed by atoms with Crippen LogP contribution in [-0.4, -0.2) is 39.0 Å². The van der Waals surface area contributed by atoms with Gasteiger partial charge in [-0.05, 0) is 43.4 Å². The Morgan fingerprint density at radius 2 is 2.20 bits per heavy atom. The second-order valence-electron chi connectivity index (χ2n) is 6.52. The molecule has 3 N–H and O–H groups in total. The van der Waals surface area contributed by atoms with Crippen molar-refractivity contribution in [2.75, 3.05) is 13.1 Å². The van der Waals surface area contributed by atoms with E-state index in [0.717, 1.165) is 43.6 Å². The number of rotatable bonds is 4. The Bertz CT molecular complexity index is 839. The van der Waals surface area contributed by atoms with Gasteiger partial charge in [0.15, 0.2) is 0 Å². The Morgan fingerprint density at radius 1 is 1.24 bits per heavy atom. The molecule has 0 aliphatic carbocycles. The van der Waals surface area contributed by atoms with E-state index in [1.165, 1.54) is 10.9 Å². The zero-order valence-electron chi connectivity index (χ0n) is 14.2. The quantitative estimate of drug-likeness (QED) is 0.682. The largest absolute Gasteiger partial charge is 0.361 e. The molecule has 0 bridgehead atoms. The van der Waals surface area contributed by atoms with Crippen molar-refractivity contribution in [2.24, 2.45) is 0 Å². The average Bonchev–Trinajstić information content (AvgIpc) is 3.33. The molecule has 1 saturated heterocycles. The Labute approximate surface area is 146 Å². The Kier molecular flexibility index (Phi) is 4.41. The second kappa shape index (κ2) is 7.01. The molecule has 0 radical (unpaired) electrons. The summed E-state index contributed by atoms with van der Waals surface area (Å²) in [7, 11) is 0. The molecule has 0 spiro atoms. The van der Waals surface area contributed by atoms with Gasteiger partial charge in [-0.15, -0.1) is 0 Å². The molecule has 2 aromatic heterocycles. The molecule has 1 aliphatic rings. The topological polar surface area (TPSA) is 76.8 Å². The molecule has 1 aliphatic heterocycles. The van der Waals surface area contributed by atoms with E-state index >= 15 is 0 Å². The van der Waals surface area contributed by atoms with Crippen LogP contribution in [0.4, 0.5) is 4.79 Å². The summed E-state index contributed by atoms with van der Waals surface area (Å²) in [5.74, 6) is 0.881. The first-order chi connectivity index (χ1) is 12.3. The third-order valence-electron chi connectivity index (χ3n) is 4.95. The van der Waals surface area contributed by atoms with Gasteiger partial charge in [0, 0.05) is 42.6 Å². The first-order valence-corrected chi connectivity index (χ1v) is 8.91. The van der Waals surface area contributed by atoms with Crippen molar-refractivity contribution < 1.29 is 4.79 Å². The molecular formula is C19H23N5O. The molecule has 1 fully saturated rings. The second-order valence-corrected chi connectivity index (χ2v) is 6.52. The molecule has 130 valence electrons. The predicted octanol–water partition coefficient (Wildman–Crippen LogP) is 3.37. The van der Waals surface area contributed by atoms with Gasteiger partial charge in [-0.25, -0.2) is 9.78 Å².